The summed E-state index contributed by atoms with van der Waals surface area (Å²) >= 11 is -1.54. The number of rotatable bonds is 4. The Labute approximate surface area is 144 Å². The van der Waals surface area contributed by atoms with Crippen LogP contribution in [0.25, 0.3) is 0 Å². The molecule has 2 rings (SSSR count). The van der Waals surface area contributed by atoms with Crippen molar-refractivity contribution in [2.24, 2.45) is 0 Å². The molecule has 6 nitrogen and oxygen atoms in total. The van der Waals surface area contributed by atoms with Gasteiger partial charge in [-0.1, -0.05) is 0 Å². The van der Waals surface area contributed by atoms with Crippen molar-refractivity contribution in [3.05, 3.63) is 71.8 Å². The average molecular weight is 352 g/mol. The summed E-state index contributed by atoms with van der Waals surface area (Å²) in [5.74, 6) is -0.942. The van der Waals surface area contributed by atoms with Crippen LogP contribution < -0.4 is 10.2 Å². The normalized spacial score (nSPS) is 8.17. The van der Waals surface area contributed by atoms with E-state index in [-0.39, 0.29) is 0 Å². The van der Waals surface area contributed by atoms with Crippen LogP contribution in [0.4, 0.5) is 0 Å². The van der Waals surface area contributed by atoms with Crippen molar-refractivity contribution >= 4 is 11.9 Å². The van der Waals surface area contributed by atoms with Gasteiger partial charge < -0.3 is 10.2 Å². The predicted molar refractivity (Wildman–Crippen MR) is 75.6 cm³/mol. The summed E-state index contributed by atoms with van der Waals surface area (Å²) < 4.78 is 9.93. The van der Waals surface area contributed by atoms with E-state index in [9.17, 15) is 9.59 Å². The third kappa shape index (κ3) is 8.28. The van der Waals surface area contributed by atoms with Crippen molar-refractivity contribution in [1.82, 2.24) is 0 Å². The summed E-state index contributed by atoms with van der Waals surface area (Å²) in [7, 11) is 1.50. The molecule has 0 saturated carbocycles. The van der Waals surface area contributed by atoms with Crippen molar-refractivity contribution in [2.75, 3.05) is 14.2 Å². The van der Waals surface area contributed by atoms with Crippen LogP contribution >= 0.6 is 0 Å². The Bertz CT molecular complexity index is 508. The van der Waals surface area contributed by atoms with Crippen molar-refractivity contribution in [1.29, 1.82) is 0 Å². The van der Waals surface area contributed by atoms with Crippen LogP contribution in [0.3, 0.4) is 0 Å². The Morgan fingerprint density at radius 3 is 1.30 bits per heavy atom. The molecule has 0 aliphatic carbocycles. The first-order valence-corrected chi connectivity index (χ1v) is 7.64. The van der Waals surface area contributed by atoms with E-state index < -0.39 is 31.9 Å². The number of carbonyl (C=O) groups is 2. The summed E-state index contributed by atoms with van der Waals surface area (Å²) in [6, 6.07) is 17.2. The van der Waals surface area contributed by atoms with Gasteiger partial charge in [0.05, 0.1) is 0 Å². The molecule has 0 fully saturated rings. The molecule has 120 valence electrons. The van der Waals surface area contributed by atoms with Gasteiger partial charge in [-0.25, -0.2) is 0 Å². The molecule has 23 heavy (non-hydrogen) atoms. The van der Waals surface area contributed by atoms with Crippen LogP contribution in [0.5, 0.6) is 0 Å². The molecule has 0 saturated heterocycles. The molecule has 0 unspecified atom stereocenters. The van der Waals surface area contributed by atoms with Gasteiger partial charge in [-0.15, -0.1) is 0 Å². The van der Waals surface area contributed by atoms with Gasteiger partial charge >= 0.3 is 120 Å². The molecule has 0 N–H and O–H groups in total. The zero-order valence-corrected chi connectivity index (χ0v) is 14.3. The molecule has 0 radical (unpaired) electrons. The quantitative estimate of drug-likeness (QED) is 0.746. The molecule has 0 atom stereocenters. The van der Waals surface area contributed by atoms with E-state index in [1.807, 2.05) is 12.1 Å². The molecule has 0 amide bonds. The first-order valence-electron chi connectivity index (χ1n) is 6.36. The Balaban J connectivity index is 0.00000112. The van der Waals surface area contributed by atoms with E-state index in [1.54, 1.807) is 48.5 Å². The summed E-state index contributed by atoms with van der Waals surface area (Å²) in [5, 5.41) is 16.5. The second-order valence-electron chi connectivity index (χ2n) is 3.59. The SMILES string of the molecule is C[O-].C[O-].O=C([O][Ti+2][O]C(=O)c1ccccc1)c1ccccc1. The van der Waals surface area contributed by atoms with Crippen molar-refractivity contribution in [3.8, 4) is 0 Å². The minimum atomic E-state index is -1.54. The fourth-order valence-electron chi connectivity index (χ4n) is 1.36. The fourth-order valence-corrected chi connectivity index (χ4v) is 2.03. The molecule has 2 aromatic carbocycles. The third-order valence-corrected chi connectivity index (χ3v) is 3.13. The zero-order chi connectivity index (χ0) is 17.5. The maximum absolute atomic E-state index is 11.6. The minimum absolute atomic E-state index is 0.446. The van der Waals surface area contributed by atoms with Gasteiger partial charge in [0, 0.05) is 0 Å². The van der Waals surface area contributed by atoms with Crippen molar-refractivity contribution < 1.29 is 46.4 Å². The van der Waals surface area contributed by atoms with Gasteiger partial charge in [0.1, 0.15) is 0 Å². The molecule has 0 aliphatic heterocycles. The number of benzene rings is 2. The molecule has 0 heterocycles. The van der Waals surface area contributed by atoms with E-state index in [2.05, 4.69) is 0 Å². The Morgan fingerprint density at radius 2 is 1.00 bits per heavy atom. The molecule has 0 aliphatic rings. The third-order valence-electron chi connectivity index (χ3n) is 2.29. The second kappa shape index (κ2) is 13.7. The van der Waals surface area contributed by atoms with Crippen LogP contribution in [0.15, 0.2) is 60.7 Å². The van der Waals surface area contributed by atoms with Crippen LogP contribution in [-0.2, 0) is 26.6 Å². The molecule has 0 bridgehead atoms. The fraction of sp³-hybridized carbons (Fsp3) is 0.125. The summed E-state index contributed by atoms with van der Waals surface area (Å²) in [5.41, 5.74) is 0.893. The molecule has 7 heteroatoms. The Hall–Kier alpha value is -1.99. The molecular formula is C16H16O6Ti. The zero-order valence-electron chi connectivity index (χ0n) is 12.7. The van der Waals surface area contributed by atoms with Gasteiger partial charge in [-0.05, 0) is 0 Å². The van der Waals surface area contributed by atoms with Crippen molar-refractivity contribution in [3.63, 3.8) is 0 Å². The number of hydrogen-bond donors (Lipinski definition) is 0. The van der Waals surface area contributed by atoms with E-state index >= 15 is 0 Å². The maximum atomic E-state index is 11.6. The van der Waals surface area contributed by atoms with Crippen LogP contribution in [0.1, 0.15) is 20.7 Å². The van der Waals surface area contributed by atoms with Gasteiger partial charge in [0.25, 0.3) is 0 Å². The van der Waals surface area contributed by atoms with E-state index in [0.29, 0.717) is 11.1 Å². The Morgan fingerprint density at radius 1 is 0.696 bits per heavy atom. The van der Waals surface area contributed by atoms with Crippen LogP contribution in [-0.4, -0.2) is 26.2 Å². The molecule has 2 aromatic rings. The second-order valence-corrected chi connectivity index (χ2v) is 4.49. The Kier molecular flexibility index (Phi) is 12.5. The van der Waals surface area contributed by atoms with E-state index in [0.717, 1.165) is 14.2 Å². The average Bonchev–Trinajstić information content (AvgIpc) is 2.66. The first kappa shape index (κ1) is 21.0. The molecule has 0 spiro atoms. The van der Waals surface area contributed by atoms with Gasteiger partial charge in [-0.3, -0.25) is 0 Å². The topological polar surface area (TPSA) is 98.7 Å². The van der Waals surface area contributed by atoms with Crippen LogP contribution in [0.2, 0.25) is 0 Å². The van der Waals surface area contributed by atoms with Crippen molar-refractivity contribution in [2.45, 2.75) is 0 Å². The first-order chi connectivity index (χ1) is 11.3. The monoisotopic (exact) mass is 352 g/mol. The summed E-state index contributed by atoms with van der Waals surface area (Å²) in [4.78, 5) is 23.2. The van der Waals surface area contributed by atoms with Crippen LogP contribution in [0, 0.1) is 0 Å². The van der Waals surface area contributed by atoms with Gasteiger partial charge in [0.15, 0.2) is 0 Å². The van der Waals surface area contributed by atoms with Gasteiger partial charge in [0.2, 0.25) is 0 Å². The van der Waals surface area contributed by atoms with Gasteiger partial charge in [-0.2, -0.15) is 14.2 Å². The molecule has 0 aromatic heterocycles. The predicted octanol–water partition coefficient (Wildman–Crippen LogP) is 0.566. The summed E-state index contributed by atoms with van der Waals surface area (Å²) in [6.07, 6.45) is 0. The van der Waals surface area contributed by atoms with E-state index in [4.69, 9.17) is 16.8 Å². The summed E-state index contributed by atoms with van der Waals surface area (Å²) in [6.45, 7) is 0. The number of hydrogen-bond acceptors (Lipinski definition) is 6. The number of carbonyl (C=O) groups excluding carboxylic acids is 2. The van der Waals surface area contributed by atoms with E-state index in [1.165, 1.54) is 0 Å². The molecular weight excluding hydrogens is 336 g/mol. The standard InChI is InChI=1S/2C7H6O2.2CH3O.Ti/c2*8-7(9)6-4-2-1-3-5-6;2*1-2;/h2*1-5H,(H,8,9);2*1H3;/q;;2*-1;+4/p-2.